The molecule has 0 saturated heterocycles. The molecule has 8 heavy (non-hydrogen) atoms. The maximum Gasteiger partial charge on any atom is 0.183 e. The number of hydrogen-bond donors (Lipinski definition) is 4. The van der Waals surface area contributed by atoms with Gasteiger partial charge in [0.25, 0.3) is 0 Å². The van der Waals surface area contributed by atoms with Crippen molar-refractivity contribution in [1.29, 1.82) is 0 Å². The Bertz CT molecular complexity index is 68.4. The van der Waals surface area contributed by atoms with Crippen molar-refractivity contribution in [3.63, 3.8) is 0 Å². The minimum absolute atomic E-state index is 0.662. The Balaban J connectivity index is 3.71. The summed E-state index contributed by atoms with van der Waals surface area (Å²) in [5, 5.41) is 33.3. The van der Waals surface area contributed by atoms with Crippen LogP contribution in [-0.4, -0.2) is 38.9 Å². The lowest BCUT2D eigenvalue weighted by Gasteiger charge is -2.21. The first-order chi connectivity index (χ1) is 3.50. The summed E-state index contributed by atoms with van der Waals surface area (Å²) in [6.07, 6.45) is -1.88. The summed E-state index contributed by atoms with van der Waals surface area (Å²) in [5.41, 5.74) is -1.79. The Kier molecular flexibility index (Phi) is 2.36. The SMILES string of the molecule is C[C@@](O)(CO)C(O)O. The van der Waals surface area contributed by atoms with Crippen LogP contribution in [0.4, 0.5) is 0 Å². The fourth-order valence-electron chi connectivity index (χ4n) is 0.0816. The highest BCUT2D eigenvalue weighted by atomic mass is 16.5. The summed E-state index contributed by atoms with van der Waals surface area (Å²) in [5.74, 6) is 0. The zero-order valence-corrected chi connectivity index (χ0v) is 4.57. The average Bonchev–Trinajstić information content (AvgIpc) is 1.67. The third-order valence-electron chi connectivity index (χ3n) is 0.876. The van der Waals surface area contributed by atoms with Gasteiger partial charge in [0.15, 0.2) is 6.29 Å². The van der Waals surface area contributed by atoms with Crippen molar-refractivity contribution < 1.29 is 20.4 Å². The van der Waals surface area contributed by atoms with Crippen molar-refractivity contribution in [2.24, 2.45) is 0 Å². The predicted octanol–water partition coefficient (Wildman–Crippen LogP) is -1.96. The molecule has 0 saturated carbocycles. The third-order valence-corrected chi connectivity index (χ3v) is 0.876. The first kappa shape index (κ1) is 7.84. The lowest BCUT2D eigenvalue weighted by atomic mass is 10.1. The highest BCUT2D eigenvalue weighted by Crippen LogP contribution is 2.04. The predicted molar refractivity (Wildman–Crippen MR) is 25.9 cm³/mol. The van der Waals surface area contributed by atoms with E-state index in [1.165, 1.54) is 0 Å². The molecule has 0 aromatic carbocycles. The smallest absolute Gasteiger partial charge is 0.183 e. The Hall–Kier alpha value is -0.160. The molecule has 0 aliphatic heterocycles. The quantitative estimate of drug-likeness (QED) is 0.321. The van der Waals surface area contributed by atoms with Gasteiger partial charge in [-0.15, -0.1) is 0 Å². The Morgan fingerprint density at radius 2 is 1.88 bits per heavy atom. The van der Waals surface area contributed by atoms with E-state index < -0.39 is 18.5 Å². The van der Waals surface area contributed by atoms with E-state index in [1.807, 2.05) is 0 Å². The lowest BCUT2D eigenvalue weighted by Crippen LogP contribution is -2.42. The molecule has 0 amide bonds. The summed E-state index contributed by atoms with van der Waals surface area (Å²) in [6.45, 7) is 0.461. The van der Waals surface area contributed by atoms with Crippen LogP contribution in [0.3, 0.4) is 0 Å². The molecule has 4 nitrogen and oxygen atoms in total. The van der Waals surface area contributed by atoms with Gasteiger partial charge in [0.05, 0.1) is 6.61 Å². The Morgan fingerprint density at radius 1 is 1.50 bits per heavy atom. The summed E-state index contributed by atoms with van der Waals surface area (Å²) < 4.78 is 0. The standard InChI is InChI=1S/C4H10O4/c1-4(8,2-5)3(6)7/h3,5-8H,2H2,1H3/t4-/m1/s1. The van der Waals surface area contributed by atoms with E-state index in [0.29, 0.717) is 0 Å². The van der Waals surface area contributed by atoms with Crippen LogP contribution in [0.15, 0.2) is 0 Å². The van der Waals surface area contributed by atoms with Crippen LogP contribution >= 0.6 is 0 Å². The van der Waals surface area contributed by atoms with Crippen LogP contribution in [0, 0.1) is 0 Å². The monoisotopic (exact) mass is 122 g/mol. The summed E-state index contributed by atoms with van der Waals surface area (Å²) in [7, 11) is 0. The average molecular weight is 122 g/mol. The number of aliphatic hydroxyl groups excluding tert-OH is 2. The molecule has 0 radical (unpaired) electrons. The van der Waals surface area contributed by atoms with Gasteiger partial charge >= 0.3 is 0 Å². The molecule has 0 fully saturated rings. The maximum absolute atomic E-state index is 8.65. The molecule has 0 bridgehead atoms. The first-order valence-corrected chi connectivity index (χ1v) is 2.20. The van der Waals surface area contributed by atoms with Crippen molar-refractivity contribution in [2.45, 2.75) is 18.8 Å². The molecule has 0 aromatic heterocycles. The van der Waals surface area contributed by atoms with Gasteiger partial charge in [-0.25, -0.2) is 0 Å². The van der Waals surface area contributed by atoms with Crippen molar-refractivity contribution >= 4 is 0 Å². The first-order valence-electron chi connectivity index (χ1n) is 2.20. The number of rotatable bonds is 2. The molecular formula is C4H10O4. The zero-order chi connectivity index (χ0) is 6.78. The van der Waals surface area contributed by atoms with Gasteiger partial charge in [0.1, 0.15) is 5.60 Å². The van der Waals surface area contributed by atoms with E-state index in [1.54, 1.807) is 0 Å². The molecule has 0 aliphatic carbocycles. The summed E-state index contributed by atoms with van der Waals surface area (Å²) in [6, 6.07) is 0. The Morgan fingerprint density at radius 3 is 1.88 bits per heavy atom. The van der Waals surface area contributed by atoms with E-state index in [0.717, 1.165) is 6.92 Å². The van der Waals surface area contributed by atoms with Gasteiger partial charge in [-0.3, -0.25) is 0 Å². The normalized spacial score (nSPS) is 18.8. The molecule has 4 N–H and O–H groups in total. The van der Waals surface area contributed by atoms with Gasteiger partial charge in [-0.1, -0.05) is 0 Å². The molecular weight excluding hydrogens is 112 g/mol. The van der Waals surface area contributed by atoms with E-state index in [9.17, 15) is 0 Å². The van der Waals surface area contributed by atoms with Gasteiger partial charge in [-0.05, 0) is 6.92 Å². The summed E-state index contributed by atoms with van der Waals surface area (Å²) in [4.78, 5) is 0. The molecule has 0 spiro atoms. The van der Waals surface area contributed by atoms with Crippen molar-refractivity contribution in [3.05, 3.63) is 0 Å². The van der Waals surface area contributed by atoms with Crippen molar-refractivity contribution in [1.82, 2.24) is 0 Å². The van der Waals surface area contributed by atoms with Crippen molar-refractivity contribution in [3.8, 4) is 0 Å². The minimum Gasteiger partial charge on any atom is -0.393 e. The molecule has 0 rings (SSSR count). The molecule has 50 valence electrons. The molecule has 0 unspecified atom stereocenters. The second-order valence-electron chi connectivity index (χ2n) is 1.89. The van der Waals surface area contributed by atoms with Gasteiger partial charge in [0, 0.05) is 0 Å². The fraction of sp³-hybridized carbons (Fsp3) is 1.00. The van der Waals surface area contributed by atoms with E-state index >= 15 is 0 Å². The van der Waals surface area contributed by atoms with Crippen LogP contribution in [0.5, 0.6) is 0 Å². The van der Waals surface area contributed by atoms with Gasteiger partial charge < -0.3 is 20.4 Å². The van der Waals surface area contributed by atoms with Crippen molar-refractivity contribution in [2.75, 3.05) is 6.61 Å². The Labute approximate surface area is 47.0 Å². The van der Waals surface area contributed by atoms with Crippen LogP contribution in [0.2, 0.25) is 0 Å². The minimum atomic E-state index is -1.88. The van der Waals surface area contributed by atoms with Crippen LogP contribution < -0.4 is 0 Å². The zero-order valence-electron chi connectivity index (χ0n) is 4.57. The molecule has 0 heterocycles. The van der Waals surface area contributed by atoms with Crippen LogP contribution in [0.1, 0.15) is 6.92 Å². The van der Waals surface area contributed by atoms with E-state index in [4.69, 9.17) is 20.4 Å². The highest BCUT2D eigenvalue weighted by Gasteiger charge is 2.26. The molecule has 0 aromatic rings. The molecule has 0 aliphatic rings. The third kappa shape index (κ3) is 1.75. The maximum atomic E-state index is 8.65. The number of aliphatic hydroxyl groups is 4. The number of hydrogen-bond acceptors (Lipinski definition) is 4. The van der Waals surface area contributed by atoms with E-state index in [-0.39, 0.29) is 0 Å². The molecule has 1 atom stereocenters. The lowest BCUT2D eigenvalue weighted by molar-refractivity contribution is -0.190. The van der Waals surface area contributed by atoms with Crippen LogP contribution in [0.25, 0.3) is 0 Å². The fourth-order valence-corrected chi connectivity index (χ4v) is 0.0816. The largest absolute Gasteiger partial charge is 0.393 e. The topological polar surface area (TPSA) is 80.9 Å². The highest BCUT2D eigenvalue weighted by molar-refractivity contribution is 4.71. The second-order valence-corrected chi connectivity index (χ2v) is 1.89. The van der Waals surface area contributed by atoms with Crippen LogP contribution in [-0.2, 0) is 0 Å². The summed E-state index contributed by atoms with van der Waals surface area (Å²) >= 11 is 0. The second kappa shape index (κ2) is 2.41. The molecule has 4 heteroatoms. The van der Waals surface area contributed by atoms with Gasteiger partial charge in [-0.2, -0.15) is 0 Å². The van der Waals surface area contributed by atoms with Gasteiger partial charge in [0.2, 0.25) is 0 Å². The van der Waals surface area contributed by atoms with E-state index in [2.05, 4.69) is 0 Å².